The van der Waals surface area contributed by atoms with E-state index in [-0.39, 0.29) is 35.9 Å². The van der Waals surface area contributed by atoms with Gasteiger partial charge in [-0.05, 0) is 71.4 Å². The molecule has 1 unspecified atom stereocenters. The molecule has 0 radical (unpaired) electrons. The SMILES string of the molecule is CN(C)C(=O)c1cccc(C2=CC(=O)C[C@@H](C3C=CC=C(Cl)C3)[C@]23C(=O)Nc2cc(Cl)ccc23)c1. The van der Waals surface area contributed by atoms with E-state index in [1.54, 1.807) is 50.5 Å². The van der Waals surface area contributed by atoms with E-state index in [9.17, 15) is 14.4 Å². The van der Waals surface area contributed by atoms with Crippen LogP contribution >= 0.6 is 23.2 Å². The minimum Gasteiger partial charge on any atom is -0.345 e. The van der Waals surface area contributed by atoms with Crippen LogP contribution in [-0.2, 0) is 15.0 Å². The topological polar surface area (TPSA) is 66.5 Å². The van der Waals surface area contributed by atoms with Crippen molar-refractivity contribution in [3.8, 4) is 0 Å². The second-order valence-electron chi connectivity index (χ2n) is 9.43. The lowest BCUT2D eigenvalue weighted by molar-refractivity contribution is -0.123. The Bertz CT molecular complexity index is 1360. The van der Waals surface area contributed by atoms with Gasteiger partial charge in [0.15, 0.2) is 5.78 Å². The first-order chi connectivity index (χ1) is 16.7. The Hall–Kier alpha value is -3.15. The summed E-state index contributed by atoms with van der Waals surface area (Å²) in [6, 6.07) is 12.5. The fourth-order valence-electron chi connectivity index (χ4n) is 5.65. The van der Waals surface area contributed by atoms with Crippen molar-refractivity contribution in [2.24, 2.45) is 11.8 Å². The number of allylic oxidation sites excluding steroid dienone is 5. The quantitative estimate of drug-likeness (QED) is 0.588. The summed E-state index contributed by atoms with van der Waals surface area (Å²) in [6.07, 6.45) is 8.07. The van der Waals surface area contributed by atoms with Crippen LogP contribution in [0.15, 0.2) is 71.8 Å². The molecular formula is C28H24Cl2N2O3. The Kier molecular flexibility index (Phi) is 5.94. The van der Waals surface area contributed by atoms with E-state index >= 15 is 0 Å². The molecule has 178 valence electrons. The van der Waals surface area contributed by atoms with Crippen LogP contribution in [0.3, 0.4) is 0 Å². The third kappa shape index (κ3) is 3.83. The lowest BCUT2D eigenvalue weighted by Crippen LogP contribution is -2.49. The maximum Gasteiger partial charge on any atom is 0.253 e. The fourth-order valence-corrected chi connectivity index (χ4v) is 6.07. The average Bonchev–Trinajstić information content (AvgIpc) is 3.11. The molecule has 2 amide bonds. The summed E-state index contributed by atoms with van der Waals surface area (Å²) < 4.78 is 0. The number of fused-ring (bicyclic) bond motifs is 2. The number of amides is 2. The van der Waals surface area contributed by atoms with Gasteiger partial charge in [0, 0.05) is 41.8 Å². The molecule has 1 spiro atoms. The Morgan fingerprint density at radius 3 is 2.63 bits per heavy atom. The van der Waals surface area contributed by atoms with Gasteiger partial charge in [0.1, 0.15) is 5.41 Å². The molecule has 1 N–H and O–H groups in total. The first-order valence-electron chi connectivity index (χ1n) is 11.4. The zero-order valence-corrected chi connectivity index (χ0v) is 20.9. The molecule has 5 rings (SSSR count). The first kappa shape index (κ1) is 23.6. The van der Waals surface area contributed by atoms with Gasteiger partial charge in [-0.1, -0.05) is 53.6 Å². The predicted molar refractivity (Wildman–Crippen MR) is 138 cm³/mol. The smallest absolute Gasteiger partial charge is 0.253 e. The summed E-state index contributed by atoms with van der Waals surface area (Å²) >= 11 is 12.7. The van der Waals surface area contributed by atoms with Crippen LogP contribution in [-0.4, -0.2) is 36.6 Å². The fraction of sp³-hybridized carbons (Fsp3) is 0.250. The van der Waals surface area contributed by atoms with Crippen LogP contribution in [0.5, 0.6) is 0 Å². The van der Waals surface area contributed by atoms with Gasteiger partial charge in [0.05, 0.1) is 0 Å². The molecule has 0 saturated heterocycles. The number of halogens is 2. The number of carbonyl (C=O) groups is 3. The molecule has 0 aromatic heterocycles. The van der Waals surface area contributed by atoms with Crippen LogP contribution in [0, 0.1) is 11.8 Å². The van der Waals surface area contributed by atoms with Crippen molar-refractivity contribution in [1.29, 1.82) is 0 Å². The number of nitrogens with one attached hydrogen (secondary N) is 1. The molecule has 2 aromatic carbocycles. The molecule has 0 saturated carbocycles. The number of carbonyl (C=O) groups excluding carboxylic acids is 3. The van der Waals surface area contributed by atoms with E-state index in [0.717, 1.165) is 5.56 Å². The standard InChI is InChI=1S/C28H24Cl2N2O3/c1-32(2)26(34)18-7-3-5-16(11-18)23-14-21(33)15-24(17-6-4-8-19(29)12-17)28(23)22-10-9-20(30)13-25(22)31-27(28)35/h3-11,13-14,17,24H,12,15H2,1-2H3,(H,31,35)/t17?,24-,28+/m0/s1. The summed E-state index contributed by atoms with van der Waals surface area (Å²) in [6.45, 7) is 0. The van der Waals surface area contributed by atoms with Crippen molar-refractivity contribution in [1.82, 2.24) is 4.90 Å². The molecule has 35 heavy (non-hydrogen) atoms. The zero-order valence-electron chi connectivity index (χ0n) is 19.3. The maximum atomic E-state index is 14.0. The summed E-state index contributed by atoms with van der Waals surface area (Å²) in [5.74, 6) is -0.921. The van der Waals surface area contributed by atoms with E-state index in [4.69, 9.17) is 23.2 Å². The Morgan fingerprint density at radius 2 is 1.89 bits per heavy atom. The van der Waals surface area contributed by atoms with Crippen LogP contribution in [0.4, 0.5) is 5.69 Å². The van der Waals surface area contributed by atoms with Gasteiger partial charge in [0.25, 0.3) is 5.91 Å². The number of hydrogen-bond donors (Lipinski definition) is 1. The third-order valence-electron chi connectivity index (χ3n) is 7.13. The second kappa shape index (κ2) is 8.81. The zero-order chi connectivity index (χ0) is 24.9. The Morgan fingerprint density at radius 1 is 1.09 bits per heavy atom. The third-order valence-corrected chi connectivity index (χ3v) is 7.65. The maximum absolute atomic E-state index is 14.0. The lowest BCUT2D eigenvalue weighted by Gasteiger charge is -2.44. The molecule has 3 atom stereocenters. The molecule has 5 nitrogen and oxygen atoms in total. The summed E-state index contributed by atoms with van der Waals surface area (Å²) in [5.41, 5.74) is 2.00. The van der Waals surface area contributed by atoms with Gasteiger partial charge < -0.3 is 10.2 Å². The highest BCUT2D eigenvalue weighted by molar-refractivity contribution is 6.31. The van der Waals surface area contributed by atoms with Crippen LogP contribution in [0.25, 0.3) is 5.57 Å². The van der Waals surface area contributed by atoms with Crippen molar-refractivity contribution >= 4 is 52.1 Å². The number of nitrogens with zero attached hydrogens (tertiary/aromatic N) is 1. The molecule has 7 heteroatoms. The number of benzene rings is 2. The molecule has 1 aliphatic heterocycles. The van der Waals surface area contributed by atoms with Crippen LogP contribution in [0.1, 0.15) is 34.3 Å². The minimum atomic E-state index is -1.14. The highest BCUT2D eigenvalue weighted by Crippen LogP contribution is 2.58. The molecule has 0 fully saturated rings. The summed E-state index contributed by atoms with van der Waals surface area (Å²) in [4.78, 5) is 41.4. The second-order valence-corrected chi connectivity index (χ2v) is 10.4. The number of rotatable bonds is 3. The summed E-state index contributed by atoms with van der Waals surface area (Å²) in [7, 11) is 3.38. The Labute approximate surface area is 214 Å². The van der Waals surface area contributed by atoms with Crippen molar-refractivity contribution in [2.45, 2.75) is 18.3 Å². The van der Waals surface area contributed by atoms with Crippen molar-refractivity contribution in [3.63, 3.8) is 0 Å². The normalized spacial score (nSPS) is 25.1. The van der Waals surface area contributed by atoms with Crippen LogP contribution < -0.4 is 5.32 Å². The molecular weight excluding hydrogens is 483 g/mol. The number of anilines is 1. The van der Waals surface area contributed by atoms with Gasteiger partial charge >= 0.3 is 0 Å². The highest BCUT2D eigenvalue weighted by atomic mass is 35.5. The van der Waals surface area contributed by atoms with Gasteiger partial charge in [0.2, 0.25) is 5.91 Å². The predicted octanol–water partition coefficient (Wildman–Crippen LogP) is 5.60. The van der Waals surface area contributed by atoms with E-state index in [0.29, 0.717) is 38.9 Å². The lowest BCUT2D eigenvalue weighted by atomic mass is 9.56. The highest BCUT2D eigenvalue weighted by Gasteiger charge is 2.58. The van der Waals surface area contributed by atoms with Gasteiger partial charge in [-0.15, -0.1) is 0 Å². The van der Waals surface area contributed by atoms with Crippen molar-refractivity contribution < 1.29 is 14.4 Å². The summed E-state index contributed by atoms with van der Waals surface area (Å²) in [5, 5.41) is 4.22. The Balaban J connectivity index is 1.76. The largest absolute Gasteiger partial charge is 0.345 e. The molecule has 2 aromatic rings. The minimum absolute atomic E-state index is 0.0609. The molecule has 0 bridgehead atoms. The van der Waals surface area contributed by atoms with Gasteiger partial charge in [-0.25, -0.2) is 0 Å². The van der Waals surface area contributed by atoms with Gasteiger partial charge in [-0.3, -0.25) is 14.4 Å². The van der Waals surface area contributed by atoms with Crippen molar-refractivity contribution in [2.75, 3.05) is 19.4 Å². The van der Waals surface area contributed by atoms with Crippen LogP contribution in [0.2, 0.25) is 5.02 Å². The molecule has 2 aliphatic carbocycles. The van der Waals surface area contributed by atoms with E-state index < -0.39 is 5.41 Å². The van der Waals surface area contributed by atoms with E-state index in [1.165, 1.54) is 4.90 Å². The molecule has 1 heterocycles. The number of ketones is 1. The van der Waals surface area contributed by atoms with Gasteiger partial charge in [-0.2, -0.15) is 0 Å². The monoisotopic (exact) mass is 506 g/mol. The molecule has 3 aliphatic rings. The van der Waals surface area contributed by atoms with E-state index in [2.05, 4.69) is 5.32 Å². The number of hydrogen-bond acceptors (Lipinski definition) is 3. The van der Waals surface area contributed by atoms with Crippen molar-refractivity contribution in [3.05, 3.63) is 93.5 Å². The average molecular weight is 507 g/mol. The van der Waals surface area contributed by atoms with E-state index in [1.807, 2.05) is 30.4 Å². The first-order valence-corrected chi connectivity index (χ1v) is 12.2.